The molecule has 0 fully saturated rings. The molecule has 10 heteroatoms. The van der Waals surface area contributed by atoms with Crippen molar-refractivity contribution in [1.82, 2.24) is 10.3 Å². The molecular formula is C16H15N3O6S. The number of rotatable bonds is 8. The molecule has 0 saturated carbocycles. The fourth-order valence-corrected chi connectivity index (χ4v) is 2.69. The highest BCUT2D eigenvalue weighted by atomic mass is 32.1. The summed E-state index contributed by atoms with van der Waals surface area (Å²) in [5.74, 6) is -3.97. The van der Waals surface area contributed by atoms with Gasteiger partial charge in [0.15, 0.2) is 5.13 Å². The van der Waals surface area contributed by atoms with Gasteiger partial charge in [-0.2, -0.15) is 0 Å². The molecule has 9 nitrogen and oxygen atoms in total. The molecule has 26 heavy (non-hydrogen) atoms. The van der Waals surface area contributed by atoms with E-state index in [9.17, 15) is 19.2 Å². The Bertz CT molecular complexity index is 820. The summed E-state index contributed by atoms with van der Waals surface area (Å²) in [7, 11) is 0. The average molecular weight is 377 g/mol. The van der Waals surface area contributed by atoms with Crippen molar-refractivity contribution in [3.63, 3.8) is 0 Å². The van der Waals surface area contributed by atoms with Crippen molar-refractivity contribution in [3.05, 3.63) is 47.0 Å². The van der Waals surface area contributed by atoms with E-state index in [1.807, 2.05) is 18.2 Å². The molecule has 2 aromatic rings. The lowest BCUT2D eigenvalue weighted by molar-refractivity contribution is -0.145. The second kappa shape index (κ2) is 8.72. The number of anilines is 1. The van der Waals surface area contributed by atoms with Crippen LogP contribution >= 0.6 is 11.3 Å². The lowest BCUT2D eigenvalue weighted by atomic mass is 10.1. The fourth-order valence-electron chi connectivity index (χ4n) is 1.99. The highest BCUT2D eigenvalue weighted by Gasteiger charge is 2.24. The molecule has 4 N–H and O–H groups in total. The number of benzene rings is 1. The molecule has 0 spiro atoms. The van der Waals surface area contributed by atoms with Crippen LogP contribution < -0.4 is 10.6 Å². The molecule has 0 bridgehead atoms. The average Bonchev–Trinajstić information content (AvgIpc) is 3.03. The minimum atomic E-state index is -1.57. The molecule has 0 saturated heterocycles. The SMILES string of the molecule is O=C(O)CC(NC(=O)c1csc(NC(=O)Cc2ccccc2)n1)C(=O)O. The van der Waals surface area contributed by atoms with E-state index in [4.69, 9.17) is 10.2 Å². The second-order valence-corrected chi connectivity index (χ2v) is 6.07. The van der Waals surface area contributed by atoms with Gasteiger partial charge in [-0.3, -0.25) is 14.4 Å². The van der Waals surface area contributed by atoms with Gasteiger partial charge in [0.2, 0.25) is 5.91 Å². The number of nitrogens with one attached hydrogen (secondary N) is 2. The van der Waals surface area contributed by atoms with Crippen molar-refractivity contribution in [1.29, 1.82) is 0 Å². The molecule has 0 aliphatic carbocycles. The van der Waals surface area contributed by atoms with Crippen LogP contribution in [-0.4, -0.2) is 45.0 Å². The lowest BCUT2D eigenvalue weighted by Crippen LogP contribution is -2.42. The first-order valence-corrected chi connectivity index (χ1v) is 8.28. The van der Waals surface area contributed by atoms with E-state index in [2.05, 4.69) is 15.6 Å². The Kier molecular flexibility index (Phi) is 6.39. The summed E-state index contributed by atoms with van der Waals surface area (Å²) < 4.78 is 0. The van der Waals surface area contributed by atoms with Gasteiger partial charge in [0.25, 0.3) is 5.91 Å². The third-order valence-corrected chi connectivity index (χ3v) is 3.93. The largest absolute Gasteiger partial charge is 0.481 e. The van der Waals surface area contributed by atoms with Gasteiger partial charge in [0.1, 0.15) is 11.7 Å². The Labute approximate surface area is 151 Å². The van der Waals surface area contributed by atoms with Gasteiger partial charge in [0, 0.05) is 5.38 Å². The minimum Gasteiger partial charge on any atom is -0.481 e. The Morgan fingerprint density at radius 1 is 1.12 bits per heavy atom. The number of aromatic nitrogens is 1. The predicted octanol–water partition coefficient (Wildman–Crippen LogP) is 0.982. The number of carbonyl (C=O) groups is 4. The smallest absolute Gasteiger partial charge is 0.326 e. The van der Waals surface area contributed by atoms with Gasteiger partial charge in [-0.15, -0.1) is 11.3 Å². The van der Waals surface area contributed by atoms with Crippen molar-refractivity contribution in [2.75, 3.05) is 5.32 Å². The van der Waals surface area contributed by atoms with Gasteiger partial charge in [-0.25, -0.2) is 9.78 Å². The Balaban J connectivity index is 1.95. The number of nitrogens with zero attached hydrogens (tertiary/aromatic N) is 1. The second-order valence-electron chi connectivity index (χ2n) is 5.21. The van der Waals surface area contributed by atoms with E-state index in [1.54, 1.807) is 12.1 Å². The van der Waals surface area contributed by atoms with Gasteiger partial charge < -0.3 is 20.8 Å². The zero-order valence-electron chi connectivity index (χ0n) is 13.3. The maximum absolute atomic E-state index is 12.0. The number of hydrogen-bond acceptors (Lipinski definition) is 6. The van der Waals surface area contributed by atoms with Crippen LogP contribution in [0.3, 0.4) is 0 Å². The molecule has 1 unspecified atom stereocenters. The maximum atomic E-state index is 12.0. The Hall–Kier alpha value is -3.27. The zero-order valence-corrected chi connectivity index (χ0v) is 14.2. The van der Waals surface area contributed by atoms with Crippen molar-refractivity contribution < 1.29 is 29.4 Å². The summed E-state index contributed by atoms with van der Waals surface area (Å²) in [5, 5.41) is 23.8. The van der Waals surface area contributed by atoms with Crippen LogP contribution in [0.5, 0.6) is 0 Å². The molecule has 0 aliphatic rings. The number of amides is 2. The lowest BCUT2D eigenvalue weighted by Gasteiger charge is -2.10. The topological polar surface area (TPSA) is 146 Å². The summed E-state index contributed by atoms with van der Waals surface area (Å²) in [6.07, 6.45) is -0.618. The summed E-state index contributed by atoms with van der Waals surface area (Å²) in [6, 6.07) is 7.48. The number of thiazole rings is 1. The first kappa shape index (κ1) is 19.1. The van der Waals surface area contributed by atoms with Crippen molar-refractivity contribution in [3.8, 4) is 0 Å². The van der Waals surface area contributed by atoms with Crippen molar-refractivity contribution in [2.24, 2.45) is 0 Å². The summed E-state index contributed by atoms with van der Waals surface area (Å²) in [6.45, 7) is 0. The molecule has 0 aliphatic heterocycles. The molecule has 1 heterocycles. The van der Waals surface area contributed by atoms with Crippen LogP contribution in [0.4, 0.5) is 5.13 Å². The first-order chi connectivity index (χ1) is 12.3. The highest BCUT2D eigenvalue weighted by Crippen LogP contribution is 2.16. The van der Waals surface area contributed by atoms with Crippen molar-refractivity contribution >= 4 is 40.2 Å². The van der Waals surface area contributed by atoms with E-state index in [1.165, 1.54) is 5.38 Å². The highest BCUT2D eigenvalue weighted by molar-refractivity contribution is 7.14. The third kappa shape index (κ3) is 5.67. The van der Waals surface area contributed by atoms with Gasteiger partial charge >= 0.3 is 11.9 Å². The Morgan fingerprint density at radius 2 is 1.81 bits per heavy atom. The van der Waals surface area contributed by atoms with Gasteiger partial charge in [-0.05, 0) is 5.56 Å². The van der Waals surface area contributed by atoms with E-state index in [-0.39, 0.29) is 23.2 Å². The van der Waals surface area contributed by atoms with Crippen LogP contribution in [-0.2, 0) is 20.8 Å². The third-order valence-electron chi connectivity index (χ3n) is 3.17. The van der Waals surface area contributed by atoms with Crippen LogP contribution in [0.2, 0.25) is 0 Å². The molecule has 2 amide bonds. The van der Waals surface area contributed by atoms with E-state index >= 15 is 0 Å². The maximum Gasteiger partial charge on any atom is 0.326 e. The van der Waals surface area contributed by atoms with E-state index in [0.29, 0.717) is 0 Å². The van der Waals surface area contributed by atoms with Crippen LogP contribution in [0.25, 0.3) is 0 Å². The van der Waals surface area contributed by atoms with Gasteiger partial charge in [0.05, 0.1) is 12.8 Å². The number of carboxylic acid groups (broad SMARTS) is 2. The first-order valence-electron chi connectivity index (χ1n) is 7.40. The molecule has 136 valence electrons. The number of hydrogen-bond donors (Lipinski definition) is 4. The summed E-state index contributed by atoms with van der Waals surface area (Å²) in [5.41, 5.74) is 0.708. The minimum absolute atomic E-state index is 0.110. The monoisotopic (exact) mass is 377 g/mol. The zero-order chi connectivity index (χ0) is 19.1. The molecule has 1 aromatic heterocycles. The molecule has 1 atom stereocenters. The Morgan fingerprint density at radius 3 is 2.42 bits per heavy atom. The normalized spacial score (nSPS) is 11.4. The van der Waals surface area contributed by atoms with E-state index < -0.39 is 30.3 Å². The van der Waals surface area contributed by atoms with Crippen LogP contribution in [0.15, 0.2) is 35.7 Å². The summed E-state index contributed by atoms with van der Waals surface area (Å²) in [4.78, 5) is 49.5. The van der Waals surface area contributed by atoms with Crippen molar-refractivity contribution in [2.45, 2.75) is 18.9 Å². The van der Waals surface area contributed by atoms with Crippen LogP contribution in [0, 0.1) is 0 Å². The molecular weight excluding hydrogens is 362 g/mol. The molecule has 0 radical (unpaired) electrons. The molecule has 1 aromatic carbocycles. The molecule has 2 rings (SSSR count). The number of carbonyl (C=O) groups excluding carboxylic acids is 2. The van der Waals surface area contributed by atoms with Crippen LogP contribution in [0.1, 0.15) is 22.5 Å². The number of carboxylic acids is 2. The number of aliphatic carboxylic acids is 2. The fraction of sp³-hybridized carbons (Fsp3) is 0.188. The predicted molar refractivity (Wildman–Crippen MR) is 92.0 cm³/mol. The summed E-state index contributed by atoms with van der Waals surface area (Å²) >= 11 is 0.999. The quantitative estimate of drug-likeness (QED) is 0.536. The van der Waals surface area contributed by atoms with Gasteiger partial charge in [-0.1, -0.05) is 30.3 Å². The standard InChI is InChI=1S/C16H15N3O6S/c20-12(6-9-4-2-1-3-5-9)19-16-18-11(8-26-16)14(23)17-10(15(24)25)7-13(21)22/h1-5,8,10H,6-7H2,(H,17,23)(H,21,22)(H,24,25)(H,18,19,20). The van der Waals surface area contributed by atoms with E-state index in [0.717, 1.165) is 16.9 Å².